The van der Waals surface area contributed by atoms with Crippen LogP contribution in [0.3, 0.4) is 0 Å². The molecule has 0 saturated carbocycles. The lowest BCUT2D eigenvalue weighted by Crippen LogP contribution is -2.49. The molecule has 9 heteroatoms. The summed E-state index contributed by atoms with van der Waals surface area (Å²) in [4.78, 5) is 51.3. The van der Waals surface area contributed by atoms with Crippen molar-refractivity contribution in [3.8, 4) is 0 Å². The second-order valence-electron chi connectivity index (χ2n) is 8.40. The Hall–Kier alpha value is -4.14. The van der Waals surface area contributed by atoms with Crippen molar-refractivity contribution < 1.29 is 23.9 Å². The third-order valence-corrected chi connectivity index (χ3v) is 6.23. The molecule has 33 heavy (non-hydrogen) atoms. The molecule has 2 aliphatic rings. The van der Waals surface area contributed by atoms with Crippen LogP contribution in [0.25, 0.3) is 0 Å². The number of rotatable bonds is 4. The summed E-state index contributed by atoms with van der Waals surface area (Å²) in [5.74, 6) is -1.92. The van der Waals surface area contributed by atoms with Crippen molar-refractivity contribution in [2.45, 2.75) is 18.9 Å². The molecule has 2 atom stereocenters. The van der Waals surface area contributed by atoms with Crippen molar-refractivity contribution in [2.75, 3.05) is 18.4 Å². The first-order chi connectivity index (χ1) is 15.9. The number of carbonyl (C=O) groups is 3. The summed E-state index contributed by atoms with van der Waals surface area (Å²) in [5.41, 5.74) is 0.952. The Kier molecular flexibility index (Phi) is 5.08. The van der Waals surface area contributed by atoms with E-state index in [1.807, 2.05) is 6.07 Å². The van der Waals surface area contributed by atoms with Crippen LogP contribution < -0.4 is 16.0 Å². The van der Waals surface area contributed by atoms with E-state index in [1.165, 1.54) is 30.5 Å². The van der Waals surface area contributed by atoms with Crippen LogP contribution in [0.5, 0.6) is 0 Å². The number of hydrogen-bond donors (Lipinski definition) is 1. The van der Waals surface area contributed by atoms with Gasteiger partial charge in [0, 0.05) is 36.8 Å². The Morgan fingerprint density at radius 2 is 1.82 bits per heavy atom. The van der Waals surface area contributed by atoms with E-state index in [1.54, 1.807) is 27.7 Å². The lowest BCUT2D eigenvalue weighted by Gasteiger charge is -2.43. The molecule has 0 unspecified atom stereocenters. The fourth-order valence-corrected chi connectivity index (χ4v) is 4.76. The van der Waals surface area contributed by atoms with Gasteiger partial charge in [-0.15, -0.1) is 0 Å². The number of nitrogens with one attached hydrogen (secondary N) is 1. The molecule has 3 aromatic rings. The number of nitrogens with zero attached hydrogens (tertiary/aromatic N) is 2. The van der Waals surface area contributed by atoms with Crippen LogP contribution in [0.1, 0.15) is 49.3 Å². The van der Waals surface area contributed by atoms with Gasteiger partial charge in [0.2, 0.25) is 0 Å². The zero-order valence-corrected chi connectivity index (χ0v) is 17.5. The lowest BCUT2D eigenvalue weighted by atomic mass is 9.83. The van der Waals surface area contributed by atoms with Gasteiger partial charge in [0.05, 0.1) is 12.2 Å². The largest absolute Gasteiger partial charge is 0.545 e. The minimum Gasteiger partial charge on any atom is -0.545 e. The zero-order valence-electron chi connectivity index (χ0n) is 17.5. The summed E-state index contributed by atoms with van der Waals surface area (Å²) >= 11 is 0. The van der Waals surface area contributed by atoms with Crippen molar-refractivity contribution in [2.24, 2.45) is 5.92 Å². The molecular weight excluding hydrogens is 426 g/mol. The minimum absolute atomic E-state index is 0.0340. The van der Waals surface area contributed by atoms with Crippen molar-refractivity contribution in [1.29, 1.82) is 0 Å². The number of amides is 2. The third-order valence-electron chi connectivity index (χ3n) is 6.23. The maximum absolute atomic E-state index is 13.1. The van der Waals surface area contributed by atoms with Gasteiger partial charge in [-0.1, -0.05) is 12.1 Å². The predicted molar refractivity (Wildman–Crippen MR) is 115 cm³/mol. The number of likely N-dealkylation sites (tertiary alicyclic amines) is 1. The molecule has 0 aliphatic carbocycles. The standard InChI is InChI=1S/C24H21N3O6/c28-21(20-5-2-8-33-20)25-18-6-7-19-17-9-14(12-27(19)23(18)30)11-26(13-17)22(29)15-3-1-4-16(10-15)24(31)32/h1-8,10,14,17H,9,11-13H2,(H,25,28)(H,31,32)/p-1/t14-,17+/m0/s1. The maximum atomic E-state index is 13.1. The molecule has 9 nitrogen and oxygen atoms in total. The predicted octanol–water partition coefficient (Wildman–Crippen LogP) is 1.32. The van der Waals surface area contributed by atoms with Gasteiger partial charge >= 0.3 is 0 Å². The molecule has 5 rings (SSSR count). The molecule has 2 bridgehead atoms. The van der Waals surface area contributed by atoms with Gasteiger partial charge in [-0.3, -0.25) is 14.4 Å². The monoisotopic (exact) mass is 446 g/mol. The number of carboxylic acid groups (broad SMARTS) is 1. The molecule has 0 spiro atoms. The van der Waals surface area contributed by atoms with Gasteiger partial charge in [0.1, 0.15) is 5.69 Å². The van der Waals surface area contributed by atoms with Gasteiger partial charge in [0.15, 0.2) is 5.76 Å². The van der Waals surface area contributed by atoms with E-state index in [0.717, 1.165) is 12.1 Å². The van der Waals surface area contributed by atoms with E-state index in [9.17, 15) is 24.3 Å². The molecule has 4 heterocycles. The zero-order chi connectivity index (χ0) is 23.1. The maximum Gasteiger partial charge on any atom is 0.291 e. The average Bonchev–Trinajstić information content (AvgIpc) is 3.36. The van der Waals surface area contributed by atoms with E-state index in [0.29, 0.717) is 25.2 Å². The van der Waals surface area contributed by atoms with Crippen LogP contribution in [0.15, 0.2) is 64.0 Å². The van der Waals surface area contributed by atoms with E-state index in [2.05, 4.69) is 5.32 Å². The molecule has 1 fully saturated rings. The van der Waals surface area contributed by atoms with Crippen LogP contribution in [0.2, 0.25) is 0 Å². The number of pyridine rings is 1. The highest BCUT2D eigenvalue weighted by Gasteiger charge is 2.37. The van der Waals surface area contributed by atoms with E-state index in [4.69, 9.17) is 4.42 Å². The van der Waals surface area contributed by atoms with Crippen LogP contribution in [0.4, 0.5) is 5.69 Å². The Bertz CT molecular complexity index is 1310. The summed E-state index contributed by atoms with van der Waals surface area (Å²) in [5, 5.41) is 13.7. The summed E-state index contributed by atoms with van der Waals surface area (Å²) in [6, 6.07) is 12.3. The quantitative estimate of drug-likeness (QED) is 0.644. The molecule has 1 aromatic carbocycles. The summed E-state index contributed by atoms with van der Waals surface area (Å²) in [6.07, 6.45) is 2.23. The van der Waals surface area contributed by atoms with Gasteiger partial charge in [-0.25, -0.2) is 0 Å². The van der Waals surface area contributed by atoms with Crippen molar-refractivity contribution in [1.82, 2.24) is 9.47 Å². The number of aromatic nitrogens is 1. The van der Waals surface area contributed by atoms with Crippen LogP contribution in [0, 0.1) is 5.92 Å². The Morgan fingerprint density at radius 3 is 2.58 bits per heavy atom. The summed E-state index contributed by atoms with van der Waals surface area (Å²) in [7, 11) is 0. The first kappa shape index (κ1) is 20.7. The number of benzene rings is 1. The average molecular weight is 446 g/mol. The van der Waals surface area contributed by atoms with Crippen molar-refractivity contribution >= 4 is 23.5 Å². The minimum atomic E-state index is -1.33. The van der Waals surface area contributed by atoms with Gasteiger partial charge in [-0.05, 0) is 54.3 Å². The number of anilines is 1. The first-order valence-electron chi connectivity index (χ1n) is 10.6. The smallest absolute Gasteiger partial charge is 0.291 e. The fraction of sp³-hybridized carbons (Fsp3) is 0.250. The summed E-state index contributed by atoms with van der Waals surface area (Å²) in [6.45, 7) is 1.31. The second-order valence-corrected chi connectivity index (χ2v) is 8.40. The number of piperidine rings is 1. The fourth-order valence-electron chi connectivity index (χ4n) is 4.76. The van der Waals surface area contributed by atoms with Gasteiger partial charge in [-0.2, -0.15) is 0 Å². The molecule has 0 radical (unpaired) electrons. The molecular formula is C24H20N3O6-. The van der Waals surface area contributed by atoms with E-state index < -0.39 is 11.9 Å². The van der Waals surface area contributed by atoms with Crippen LogP contribution in [-0.4, -0.2) is 40.3 Å². The van der Waals surface area contributed by atoms with Crippen LogP contribution in [-0.2, 0) is 6.54 Å². The highest BCUT2D eigenvalue weighted by molar-refractivity contribution is 6.02. The number of carboxylic acids is 1. The Morgan fingerprint density at radius 1 is 1.00 bits per heavy atom. The SMILES string of the molecule is O=C([O-])c1cccc(C(=O)N2C[C@@H]3C[C@H](C2)c2ccc(NC(=O)c4ccco4)c(=O)n2C3)c1. The second kappa shape index (κ2) is 8.09. The molecule has 2 aromatic heterocycles. The number of furan rings is 1. The van der Waals surface area contributed by atoms with Gasteiger partial charge in [0.25, 0.3) is 17.4 Å². The van der Waals surface area contributed by atoms with E-state index in [-0.39, 0.29) is 40.3 Å². The Labute approximate surface area is 188 Å². The number of carbonyl (C=O) groups excluding carboxylic acids is 3. The Balaban J connectivity index is 1.38. The first-order valence-corrected chi connectivity index (χ1v) is 10.6. The van der Waals surface area contributed by atoms with Crippen molar-refractivity contribution in [3.63, 3.8) is 0 Å². The molecule has 1 saturated heterocycles. The van der Waals surface area contributed by atoms with Crippen molar-refractivity contribution in [3.05, 3.63) is 87.7 Å². The number of hydrogen-bond acceptors (Lipinski definition) is 6. The van der Waals surface area contributed by atoms with Gasteiger partial charge < -0.3 is 29.1 Å². The molecule has 2 aliphatic heterocycles. The normalized spacial score (nSPS) is 19.0. The van der Waals surface area contributed by atoms with E-state index >= 15 is 0 Å². The highest BCUT2D eigenvalue weighted by Crippen LogP contribution is 2.36. The molecule has 168 valence electrons. The summed E-state index contributed by atoms with van der Waals surface area (Å²) < 4.78 is 6.75. The third kappa shape index (κ3) is 3.82. The topological polar surface area (TPSA) is 125 Å². The number of fused-ring (bicyclic) bond motifs is 4. The number of aromatic carboxylic acids is 1. The highest BCUT2D eigenvalue weighted by atomic mass is 16.4. The lowest BCUT2D eigenvalue weighted by molar-refractivity contribution is -0.255. The molecule has 2 amide bonds. The molecule has 1 N–H and O–H groups in total. The van der Waals surface area contributed by atoms with Crippen LogP contribution >= 0.6 is 0 Å².